The largest absolute Gasteiger partial charge is 0.286 e. The van der Waals surface area contributed by atoms with Crippen LogP contribution in [-0.4, -0.2) is 24.5 Å². The summed E-state index contributed by atoms with van der Waals surface area (Å²) in [5, 5.41) is 7.91. The fourth-order valence-corrected chi connectivity index (χ4v) is 0. The average Bonchev–Trinajstić information content (AvgIpc) is 1.31. The van der Waals surface area contributed by atoms with E-state index in [0.29, 0.717) is 0 Å². The van der Waals surface area contributed by atoms with Crippen LogP contribution in [0.1, 0.15) is 0 Å². The maximum absolute atomic E-state index is 9.88. The quantitative estimate of drug-likeness (QED) is 0.331. The van der Waals surface area contributed by atoms with E-state index in [1.165, 1.54) is 0 Å². The molecular weight excluding hydrogens is 120 g/mol. The summed E-state index contributed by atoms with van der Waals surface area (Å²) in [5.74, 6) is 4.37. The van der Waals surface area contributed by atoms with Crippen molar-refractivity contribution < 1.29 is 13.6 Å². The van der Waals surface area contributed by atoms with E-state index in [4.69, 9.17) is 5.21 Å². The molecule has 0 aliphatic heterocycles. The molecule has 0 bridgehead atoms. The van der Waals surface area contributed by atoms with Gasteiger partial charge < -0.3 is 0 Å². The molecular formula is CH6N2O3S. The normalized spacial score (nSPS) is 12.6. The van der Waals surface area contributed by atoms with Gasteiger partial charge in [-0.2, -0.15) is 0 Å². The van der Waals surface area contributed by atoms with E-state index < -0.39 is 10.0 Å². The molecule has 0 spiro atoms. The molecule has 0 rings (SSSR count). The molecule has 3 N–H and O–H groups in total. The van der Waals surface area contributed by atoms with E-state index in [9.17, 15) is 8.42 Å². The molecule has 0 aromatic heterocycles. The molecule has 0 aromatic rings. The molecule has 7 heavy (non-hydrogen) atoms. The molecule has 0 saturated carbocycles. The first-order chi connectivity index (χ1) is 2.94. The Hall–Kier alpha value is -0.170. The van der Waals surface area contributed by atoms with Crippen LogP contribution in [0, 0.1) is 0 Å². The van der Waals surface area contributed by atoms with Gasteiger partial charge in [0.2, 0.25) is 10.0 Å². The summed E-state index contributed by atoms with van der Waals surface area (Å²) in [4.78, 5) is 0. The Morgan fingerprint density at radius 1 is 1.71 bits per heavy atom. The predicted molar refractivity (Wildman–Crippen MR) is 22.7 cm³/mol. The summed E-state index contributed by atoms with van der Waals surface area (Å²) < 4.78 is 19.4. The van der Waals surface area contributed by atoms with Crippen LogP contribution in [0.2, 0.25) is 0 Å². The van der Waals surface area contributed by atoms with Crippen molar-refractivity contribution >= 4 is 10.0 Å². The summed E-state index contributed by atoms with van der Waals surface area (Å²) in [7, 11) is -3.57. The second-order valence-electron chi connectivity index (χ2n) is 1.04. The monoisotopic (exact) mass is 126 g/mol. The molecule has 0 heterocycles. The molecule has 0 aliphatic carbocycles. The Labute approximate surface area is 41.3 Å². The van der Waals surface area contributed by atoms with Crippen molar-refractivity contribution in [1.82, 2.24) is 4.58 Å². The Balaban J connectivity index is 4.10. The highest BCUT2D eigenvalue weighted by molar-refractivity contribution is 7.88. The Morgan fingerprint density at radius 3 is 1.86 bits per heavy atom. The maximum atomic E-state index is 9.88. The Kier molecular flexibility index (Phi) is 1.70. The van der Waals surface area contributed by atoms with Gasteiger partial charge in [0, 0.05) is 0 Å². The van der Waals surface area contributed by atoms with Crippen molar-refractivity contribution in [3.05, 3.63) is 0 Å². The topological polar surface area (TPSA) is 83.6 Å². The molecule has 0 radical (unpaired) electrons. The van der Waals surface area contributed by atoms with E-state index in [1.54, 1.807) is 0 Å². The predicted octanol–water partition coefficient (Wildman–Crippen LogP) is -1.49. The second kappa shape index (κ2) is 1.74. The minimum atomic E-state index is -3.57. The number of hydrogen-bond acceptors (Lipinski definition) is 4. The van der Waals surface area contributed by atoms with E-state index in [0.717, 1.165) is 6.26 Å². The molecule has 44 valence electrons. The summed E-state index contributed by atoms with van der Waals surface area (Å²) in [5.41, 5.74) is 0. The van der Waals surface area contributed by atoms with Crippen molar-refractivity contribution in [1.29, 1.82) is 0 Å². The van der Waals surface area contributed by atoms with Crippen molar-refractivity contribution in [2.24, 2.45) is 5.84 Å². The zero-order valence-corrected chi connectivity index (χ0v) is 4.51. The molecule has 6 heteroatoms. The van der Waals surface area contributed by atoms with Gasteiger partial charge in [-0.25, -0.2) is 14.3 Å². The lowest BCUT2D eigenvalue weighted by Crippen LogP contribution is -2.32. The Morgan fingerprint density at radius 2 is 1.86 bits per heavy atom. The van der Waals surface area contributed by atoms with Gasteiger partial charge in [-0.3, -0.25) is 5.21 Å². The van der Waals surface area contributed by atoms with Crippen LogP contribution in [0.15, 0.2) is 0 Å². The Bertz CT molecular complexity index is 135. The van der Waals surface area contributed by atoms with Gasteiger partial charge in [0.25, 0.3) is 0 Å². The highest BCUT2D eigenvalue weighted by atomic mass is 32.2. The minimum absolute atomic E-state index is 0.340. The zero-order chi connectivity index (χ0) is 6.08. The number of hydrazine groups is 1. The van der Waals surface area contributed by atoms with Crippen LogP contribution in [0.3, 0.4) is 0 Å². The van der Waals surface area contributed by atoms with Gasteiger partial charge in [-0.15, -0.1) is 0 Å². The van der Waals surface area contributed by atoms with Crippen molar-refractivity contribution in [2.45, 2.75) is 0 Å². The third-order valence-electron chi connectivity index (χ3n) is 0.340. The van der Waals surface area contributed by atoms with Crippen molar-refractivity contribution in [2.75, 3.05) is 6.26 Å². The fourth-order valence-electron chi connectivity index (χ4n) is 0. The lowest BCUT2D eigenvalue weighted by Gasteiger charge is -2.00. The molecule has 5 nitrogen and oxygen atoms in total. The minimum Gasteiger partial charge on any atom is -0.286 e. The first-order valence-corrected chi connectivity index (χ1v) is 3.23. The van der Waals surface area contributed by atoms with Crippen LogP contribution in [0.5, 0.6) is 0 Å². The first kappa shape index (κ1) is 6.83. The number of sulfonamides is 1. The number of nitrogens with two attached hydrogens (primary N) is 1. The molecule has 0 atom stereocenters. The summed E-state index contributed by atoms with van der Waals surface area (Å²) in [6.45, 7) is 0. The summed E-state index contributed by atoms with van der Waals surface area (Å²) in [6, 6.07) is 0. The van der Waals surface area contributed by atoms with Crippen LogP contribution >= 0.6 is 0 Å². The van der Waals surface area contributed by atoms with Crippen LogP contribution < -0.4 is 5.84 Å². The zero-order valence-electron chi connectivity index (χ0n) is 3.70. The second-order valence-corrected chi connectivity index (χ2v) is 2.88. The van der Waals surface area contributed by atoms with E-state index >= 15 is 0 Å². The molecule has 0 unspecified atom stereocenters. The number of hydrogen-bond donors (Lipinski definition) is 2. The molecule has 0 aromatic carbocycles. The van der Waals surface area contributed by atoms with Gasteiger partial charge >= 0.3 is 0 Å². The van der Waals surface area contributed by atoms with Crippen molar-refractivity contribution in [3.8, 4) is 0 Å². The lowest BCUT2D eigenvalue weighted by molar-refractivity contribution is 0.00337. The summed E-state index contributed by atoms with van der Waals surface area (Å²) in [6.07, 6.45) is 0.785. The van der Waals surface area contributed by atoms with Crippen LogP contribution in [0.25, 0.3) is 0 Å². The van der Waals surface area contributed by atoms with Crippen LogP contribution in [0.4, 0.5) is 0 Å². The van der Waals surface area contributed by atoms with Gasteiger partial charge in [0.05, 0.1) is 6.26 Å². The smallest absolute Gasteiger partial charge is 0.246 e. The standard InChI is InChI=1S/CH6N2O3S/c1-7(5,6)3(2)4/h4H,2H2,1H3. The molecule has 0 saturated heterocycles. The summed E-state index contributed by atoms with van der Waals surface area (Å²) >= 11 is 0. The van der Waals surface area contributed by atoms with Gasteiger partial charge in [0.15, 0.2) is 0 Å². The number of nitrogens with zero attached hydrogens (tertiary/aromatic N) is 1. The maximum Gasteiger partial charge on any atom is 0.246 e. The van der Waals surface area contributed by atoms with Crippen molar-refractivity contribution in [3.63, 3.8) is 0 Å². The van der Waals surface area contributed by atoms with Gasteiger partial charge in [-0.05, 0) is 4.58 Å². The molecule has 0 amide bonds. The first-order valence-electron chi connectivity index (χ1n) is 1.38. The average molecular weight is 126 g/mol. The van der Waals surface area contributed by atoms with Gasteiger partial charge in [-0.1, -0.05) is 0 Å². The highest BCUT2D eigenvalue weighted by Crippen LogP contribution is 1.78. The third kappa shape index (κ3) is 2.52. The fraction of sp³-hybridized carbons (Fsp3) is 1.00. The lowest BCUT2D eigenvalue weighted by atomic mass is 12.0. The van der Waals surface area contributed by atoms with Crippen LogP contribution in [-0.2, 0) is 10.0 Å². The van der Waals surface area contributed by atoms with E-state index in [1.807, 2.05) is 0 Å². The van der Waals surface area contributed by atoms with E-state index in [2.05, 4.69) is 5.84 Å². The molecule has 0 aliphatic rings. The highest BCUT2D eigenvalue weighted by Gasteiger charge is 2.04. The SMILES string of the molecule is CS(=O)(=O)N(N)O. The third-order valence-corrected chi connectivity index (χ3v) is 1.02. The number of rotatable bonds is 1. The van der Waals surface area contributed by atoms with E-state index in [-0.39, 0.29) is 4.58 Å². The van der Waals surface area contributed by atoms with Gasteiger partial charge in [0.1, 0.15) is 0 Å². The molecule has 0 fully saturated rings.